The van der Waals surface area contributed by atoms with Crippen LogP contribution in [0.3, 0.4) is 0 Å². The molecule has 1 atom stereocenters. The molecule has 0 aromatic heterocycles. The number of benzene rings is 1. The number of ether oxygens (including phenoxy) is 1. The molecular formula is C20H26N4O3. The molecule has 0 radical (unpaired) electrons. The first-order valence-electron chi connectivity index (χ1n) is 9.44. The Morgan fingerprint density at radius 2 is 2.00 bits per heavy atom. The van der Waals surface area contributed by atoms with Crippen LogP contribution >= 0.6 is 0 Å². The van der Waals surface area contributed by atoms with Crippen LogP contribution in [0.5, 0.6) is 0 Å². The number of morpholine rings is 1. The molecule has 1 aromatic carbocycles. The highest BCUT2D eigenvalue weighted by atomic mass is 16.5. The van der Waals surface area contributed by atoms with Gasteiger partial charge in [0.2, 0.25) is 11.8 Å². The van der Waals surface area contributed by atoms with E-state index in [4.69, 9.17) is 15.7 Å². The normalized spacial score (nSPS) is 22.1. The maximum Gasteiger partial charge on any atom is 0.243 e. The maximum atomic E-state index is 12.6. The zero-order valence-corrected chi connectivity index (χ0v) is 15.4. The van der Waals surface area contributed by atoms with Gasteiger partial charge in [-0.2, -0.15) is 5.26 Å². The highest BCUT2D eigenvalue weighted by Crippen LogP contribution is 2.29. The average molecular weight is 370 g/mol. The molecule has 0 spiro atoms. The fraction of sp³-hybridized carbons (Fsp3) is 0.550. The van der Waals surface area contributed by atoms with Gasteiger partial charge >= 0.3 is 0 Å². The lowest BCUT2D eigenvalue weighted by molar-refractivity contribution is -0.133. The number of nitrogens with zero attached hydrogens (tertiary/aromatic N) is 2. The van der Waals surface area contributed by atoms with E-state index in [0.717, 1.165) is 24.9 Å². The Balaban J connectivity index is 1.62. The molecule has 1 saturated heterocycles. The van der Waals surface area contributed by atoms with Gasteiger partial charge in [0.15, 0.2) is 0 Å². The number of hydrogen-bond acceptors (Lipinski definition) is 5. The monoisotopic (exact) mass is 370 g/mol. The summed E-state index contributed by atoms with van der Waals surface area (Å²) in [5.41, 5.74) is 6.39. The van der Waals surface area contributed by atoms with Gasteiger partial charge in [-0.15, -0.1) is 0 Å². The van der Waals surface area contributed by atoms with E-state index in [1.165, 1.54) is 0 Å². The summed E-state index contributed by atoms with van der Waals surface area (Å²) < 4.78 is 5.57. The van der Waals surface area contributed by atoms with Crippen molar-refractivity contribution in [3.05, 3.63) is 35.4 Å². The topological polar surface area (TPSA) is 108 Å². The Bertz CT molecular complexity index is 720. The largest absolute Gasteiger partial charge is 0.378 e. The minimum Gasteiger partial charge on any atom is -0.378 e. The predicted molar refractivity (Wildman–Crippen MR) is 99.3 cm³/mol. The van der Waals surface area contributed by atoms with Gasteiger partial charge in [0.1, 0.15) is 5.54 Å². The third-order valence-electron chi connectivity index (χ3n) is 5.55. The van der Waals surface area contributed by atoms with Crippen molar-refractivity contribution in [3.63, 3.8) is 0 Å². The molecule has 3 N–H and O–H groups in total. The molecule has 7 heteroatoms. The zero-order chi connectivity index (χ0) is 19.3. The van der Waals surface area contributed by atoms with Crippen molar-refractivity contribution in [1.82, 2.24) is 10.2 Å². The predicted octanol–water partition coefficient (Wildman–Crippen LogP) is 1.06. The number of nitrogens with two attached hydrogens (primary N) is 1. The fourth-order valence-electron chi connectivity index (χ4n) is 3.95. The van der Waals surface area contributed by atoms with Gasteiger partial charge in [-0.05, 0) is 30.5 Å². The first kappa shape index (κ1) is 19.3. The minimum absolute atomic E-state index is 0.0549. The molecule has 1 saturated carbocycles. The summed E-state index contributed by atoms with van der Waals surface area (Å²) in [6, 6.07) is 9.53. The van der Waals surface area contributed by atoms with E-state index in [1.807, 2.05) is 12.1 Å². The van der Waals surface area contributed by atoms with Crippen molar-refractivity contribution in [2.24, 2.45) is 5.73 Å². The van der Waals surface area contributed by atoms with E-state index in [1.54, 1.807) is 12.1 Å². The summed E-state index contributed by atoms with van der Waals surface area (Å²) in [5.74, 6) is -0.598. The number of rotatable bonds is 6. The molecular weight excluding hydrogens is 344 g/mol. The quantitative estimate of drug-likeness (QED) is 0.778. The average Bonchev–Trinajstić information content (AvgIpc) is 3.14. The number of nitriles is 1. The second-order valence-electron chi connectivity index (χ2n) is 7.41. The molecule has 0 bridgehead atoms. The molecule has 2 aliphatic rings. The first-order chi connectivity index (χ1) is 13.0. The van der Waals surface area contributed by atoms with E-state index >= 15 is 0 Å². The summed E-state index contributed by atoms with van der Waals surface area (Å²) in [6.07, 6.45) is 3.31. The Morgan fingerprint density at radius 3 is 2.63 bits per heavy atom. The summed E-state index contributed by atoms with van der Waals surface area (Å²) in [4.78, 5) is 26.7. The van der Waals surface area contributed by atoms with Crippen LogP contribution in [0.4, 0.5) is 0 Å². The molecule has 1 aromatic rings. The Morgan fingerprint density at radius 1 is 1.30 bits per heavy atom. The van der Waals surface area contributed by atoms with Crippen molar-refractivity contribution in [2.75, 3.05) is 19.8 Å². The molecule has 1 unspecified atom stereocenters. The Kier molecular flexibility index (Phi) is 6.09. The zero-order valence-electron chi connectivity index (χ0n) is 15.4. The second kappa shape index (κ2) is 8.51. The van der Waals surface area contributed by atoms with Crippen LogP contribution in [0.15, 0.2) is 24.3 Å². The third kappa shape index (κ3) is 4.65. The van der Waals surface area contributed by atoms with E-state index in [9.17, 15) is 9.59 Å². The number of nitrogens with one attached hydrogen (secondary N) is 1. The summed E-state index contributed by atoms with van der Waals surface area (Å²) >= 11 is 0. The molecule has 1 heterocycles. The van der Waals surface area contributed by atoms with Crippen LogP contribution in [-0.4, -0.2) is 48.1 Å². The fourth-order valence-corrected chi connectivity index (χ4v) is 3.95. The number of amides is 2. The van der Waals surface area contributed by atoms with Gasteiger partial charge in [0, 0.05) is 25.6 Å². The lowest BCUT2D eigenvalue weighted by Crippen LogP contribution is -2.57. The number of primary amides is 1. The minimum atomic E-state index is -0.884. The van der Waals surface area contributed by atoms with E-state index < -0.39 is 11.4 Å². The van der Waals surface area contributed by atoms with Crippen molar-refractivity contribution in [3.8, 4) is 6.07 Å². The van der Waals surface area contributed by atoms with Gasteiger partial charge in [-0.3, -0.25) is 14.5 Å². The van der Waals surface area contributed by atoms with Crippen molar-refractivity contribution >= 4 is 11.8 Å². The Labute approximate surface area is 159 Å². The first-order valence-corrected chi connectivity index (χ1v) is 9.44. The van der Waals surface area contributed by atoms with Crippen molar-refractivity contribution in [2.45, 2.75) is 50.2 Å². The maximum absolute atomic E-state index is 12.6. The SMILES string of the molecule is N#Cc1ccc(CN2CCOCC2CC(=O)NC2(C(N)=O)CCCC2)cc1. The number of hydrogen-bond donors (Lipinski definition) is 2. The third-order valence-corrected chi connectivity index (χ3v) is 5.55. The summed E-state index contributed by atoms with van der Waals surface area (Å²) in [7, 11) is 0. The van der Waals surface area contributed by atoms with Gasteiger partial charge < -0.3 is 15.8 Å². The Hall–Kier alpha value is -2.43. The molecule has 2 amide bonds. The highest BCUT2D eigenvalue weighted by molar-refractivity contribution is 5.90. The van der Waals surface area contributed by atoms with E-state index in [0.29, 0.717) is 38.2 Å². The van der Waals surface area contributed by atoms with Gasteiger partial charge in [0.25, 0.3) is 0 Å². The molecule has 1 aliphatic heterocycles. The van der Waals surface area contributed by atoms with Crippen LogP contribution in [0.25, 0.3) is 0 Å². The molecule has 27 heavy (non-hydrogen) atoms. The van der Waals surface area contributed by atoms with Crippen LogP contribution in [0.1, 0.15) is 43.2 Å². The summed E-state index contributed by atoms with van der Waals surface area (Å²) in [6.45, 7) is 2.53. The second-order valence-corrected chi connectivity index (χ2v) is 7.41. The lowest BCUT2D eigenvalue weighted by Gasteiger charge is -2.36. The van der Waals surface area contributed by atoms with Crippen LogP contribution in [-0.2, 0) is 20.9 Å². The van der Waals surface area contributed by atoms with E-state index in [-0.39, 0.29) is 18.4 Å². The van der Waals surface area contributed by atoms with Crippen molar-refractivity contribution < 1.29 is 14.3 Å². The molecule has 1 aliphatic carbocycles. The van der Waals surface area contributed by atoms with Crippen LogP contribution in [0, 0.1) is 11.3 Å². The molecule has 2 fully saturated rings. The number of carbonyl (C=O) groups excluding carboxylic acids is 2. The molecule has 7 nitrogen and oxygen atoms in total. The highest BCUT2D eigenvalue weighted by Gasteiger charge is 2.41. The lowest BCUT2D eigenvalue weighted by atomic mass is 9.96. The van der Waals surface area contributed by atoms with Gasteiger partial charge in [-0.1, -0.05) is 25.0 Å². The summed E-state index contributed by atoms with van der Waals surface area (Å²) in [5, 5.41) is 11.8. The van der Waals surface area contributed by atoms with Crippen molar-refractivity contribution in [1.29, 1.82) is 5.26 Å². The molecule has 144 valence electrons. The van der Waals surface area contributed by atoms with Crippen LogP contribution < -0.4 is 11.1 Å². The van der Waals surface area contributed by atoms with E-state index in [2.05, 4.69) is 16.3 Å². The van der Waals surface area contributed by atoms with Gasteiger partial charge in [0.05, 0.1) is 24.8 Å². The van der Waals surface area contributed by atoms with Crippen LogP contribution in [0.2, 0.25) is 0 Å². The molecule has 3 rings (SSSR count). The smallest absolute Gasteiger partial charge is 0.243 e. The standard InChI is InChI=1S/C20H26N4O3/c21-12-15-3-5-16(6-4-15)13-24-9-10-27-14-17(24)11-18(25)23-20(19(22)26)7-1-2-8-20/h3-6,17H,1-2,7-11,13-14H2,(H2,22,26)(H,23,25). The number of carbonyl (C=O) groups is 2. The van der Waals surface area contributed by atoms with Gasteiger partial charge in [-0.25, -0.2) is 0 Å².